The Bertz CT molecular complexity index is 809. The maximum Gasteiger partial charge on any atom is 0.243 e. The number of methoxy groups -OCH3 is 1. The van der Waals surface area contributed by atoms with Gasteiger partial charge in [0.05, 0.1) is 12.0 Å². The van der Waals surface area contributed by atoms with E-state index in [9.17, 15) is 8.42 Å². The second kappa shape index (κ2) is 8.20. The average molecular weight is 375 g/mol. The molecule has 140 valence electrons. The van der Waals surface area contributed by atoms with E-state index in [2.05, 4.69) is 24.0 Å². The van der Waals surface area contributed by atoms with Crippen LogP contribution in [-0.4, -0.2) is 50.9 Å². The highest BCUT2D eigenvalue weighted by Crippen LogP contribution is 2.20. The fourth-order valence-corrected chi connectivity index (χ4v) is 4.59. The number of hydrogen-bond acceptors (Lipinski definition) is 4. The van der Waals surface area contributed by atoms with Gasteiger partial charge in [0.25, 0.3) is 0 Å². The lowest BCUT2D eigenvalue weighted by Crippen LogP contribution is -2.48. The molecule has 1 saturated heterocycles. The van der Waals surface area contributed by atoms with Crippen LogP contribution < -0.4 is 4.74 Å². The van der Waals surface area contributed by atoms with Crippen LogP contribution in [-0.2, 0) is 23.0 Å². The van der Waals surface area contributed by atoms with E-state index < -0.39 is 10.0 Å². The van der Waals surface area contributed by atoms with E-state index in [0.717, 1.165) is 37.4 Å². The highest BCUT2D eigenvalue weighted by Gasteiger charge is 2.28. The van der Waals surface area contributed by atoms with E-state index >= 15 is 0 Å². The smallest absolute Gasteiger partial charge is 0.243 e. The minimum Gasteiger partial charge on any atom is -0.497 e. The Balaban J connectivity index is 1.59. The standard InChI is InChI=1S/C20H26N2O3S/c1-3-17-6-10-20(11-7-17)26(23,24)22-14-12-21(13-15-22)16-18-4-8-19(25-2)9-5-18/h4-11H,3,12-16H2,1-2H3. The molecule has 2 aromatic rings. The summed E-state index contributed by atoms with van der Waals surface area (Å²) in [5, 5.41) is 0. The van der Waals surface area contributed by atoms with Gasteiger partial charge in [-0.15, -0.1) is 0 Å². The molecule has 0 amide bonds. The maximum atomic E-state index is 12.8. The van der Waals surface area contributed by atoms with Gasteiger partial charge in [0, 0.05) is 32.7 Å². The first-order valence-electron chi connectivity index (χ1n) is 8.97. The summed E-state index contributed by atoms with van der Waals surface area (Å²) in [4.78, 5) is 2.67. The van der Waals surface area contributed by atoms with Crippen molar-refractivity contribution in [3.63, 3.8) is 0 Å². The maximum absolute atomic E-state index is 12.8. The summed E-state index contributed by atoms with van der Waals surface area (Å²) in [6.45, 7) is 5.40. The molecule has 0 spiro atoms. The summed E-state index contributed by atoms with van der Waals surface area (Å²) in [6, 6.07) is 15.2. The molecule has 0 N–H and O–H groups in total. The van der Waals surface area contributed by atoms with Crippen molar-refractivity contribution in [1.29, 1.82) is 0 Å². The van der Waals surface area contributed by atoms with Crippen LogP contribution in [0.5, 0.6) is 5.75 Å². The van der Waals surface area contributed by atoms with Gasteiger partial charge in [-0.2, -0.15) is 4.31 Å². The zero-order valence-electron chi connectivity index (χ0n) is 15.4. The largest absolute Gasteiger partial charge is 0.497 e. The van der Waals surface area contributed by atoms with Gasteiger partial charge in [-0.1, -0.05) is 31.2 Å². The molecule has 0 unspecified atom stereocenters. The second-order valence-corrected chi connectivity index (χ2v) is 8.46. The number of hydrogen-bond donors (Lipinski definition) is 0. The van der Waals surface area contributed by atoms with Crippen molar-refractivity contribution in [2.75, 3.05) is 33.3 Å². The van der Waals surface area contributed by atoms with Crippen molar-refractivity contribution in [3.05, 3.63) is 59.7 Å². The first kappa shape index (κ1) is 18.9. The van der Waals surface area contributed by atoms with Crippen molar-refractivity contribution in [2.24, 2.45) is 0 Å². The van der Waals surface area contributed by atoms with Crippen LogP contribution in [0.4, 0.5) is 0 Å². The molecule has 6 heteroatoms. The monoisotopic (exact) mass is 374 g/mol. The van der Waals surface area contributed by atoms with E-state index in [1.807, 2.05) is 24.3 Å². The van der Waals surface area contributed by atoms with Gasteiger partial charge in [-0.3, -0.25) is 4.90 Å². The van der Waals surface area contributed by atoms with Crippen molar-refractivity contribution in [1.82, 2.24) is 9.21 Å². The molecule has 3 rings (SSSR count). The highest BCUT2D eigenvalue weighted by atomic mass is 32.2. The van der Waals surface area contributed by atoms with Crippen molar-refractivity contribution in [3.8, 4) is 5.75 Å². The van der Waals surface area contributed by atoms with Crippen LogP contribution in [0.25, 0.3) is 0 Å². The van der Waals surface area contributed by atoms with Crippen LogP contribution in [0.3, 0.4) is 0 Å². The molecule has 1 aliphatic rings. The SMILES string of the molecule is CCc1ccc(S(=O)(=O)N2CCN(Cc3ccc(OC)cc3)CC2)cc1. The molecule has 2 aromatic carbocycles. The minimum absolute atomic E-state index is 0.387. The van der Waals surface area contributed by atoms with Crippen LogP contribution in [0.2, 0.25) is 0 Å². The summed E-state index contributed by atoms with van der Waals surface area (Å²) in [7, 11) is -1.74. The Morgan fingerprint density at radius 1 is 0.885 bits per heavy atom. The molecule has 0 atom stereocenters. The van der Waals surface area contributed by atoms with Crippen molar-refractivity contribution < 1.29 is 13.2 Å². The summed E-state index contributed by atoms with van der Waals surface area (Å²) < 4.78 is 32.4. The molecular weight excluding hydrogens is 348 g/mol. The third kappa shape index (κ3) is 4.26. The average Bonchev–Trinajstić information content (AvgIpc) is 2.69. The van der Waals surface area contributed by atoms with Crippen LogP contribution >= 0.6 is 0 Å². The Hall–Kier alpha value is -1.89. The molecule has 0 saturated carbocycles. The number of benzene rings is 2. The highest BCUT2D eigenvalue weighted by molar-refractivity contribution is 7.89. The molecule has 0 aromatic heterocycles. The van der Waals surface area contributed by atoms with Crippen LogP contribution in [0.15, 0.2) is 53.4 Å². The summed E-state index contributed by atoms with van der Waals surface area (Å²) in [5.74, 6) is 0.846. The quantitative estimate of drug-likeness (QED) is 0.780. The van der Waals surface area contributed by atoms with E-state index in [-0.39, 0.29) is 0 Å². The molecule has 0 radical (unpaired) electrons. The first-order chi connectivity index (χ1) is 12.5. The van der Waals surface area contributed by atoms with Crippen molar-refractivity contribution >= 4 is 10.0 Å². The first-order valence-corrected chi connectivity index (χ1v) is 10.4. The number of sulfonamides is 1. The van der Waals surface area contributed by atoms with Crippen LogP contribution in [0.1, 0.15) is 18.1 Å². The second-order valence-electron chi connectivity index (χ2n) is 6.53. The molecule has 5 nitrogen and oxygen atoms in total. The molecule has 26 heavy (non-hydrogen) atoms. The zero-order chi connectivity index (χ0) is 18.6. The van der Waals surface area contributed by atoms with Gasteiger partial charge in [-0.25, -0.2) is 8.42 Å². The fraction of sp³-hybridized carbons (Fsp3) is 0.400. The van der Waals surface area contributed by atoms with Gasteiger partial charge >= 0.3 is 0 Å². The number of aryl methyl sites for hydroxylation is 1. The Kier molecular flexibility index (Phi) is 5.96. The number of nitrogens with zero attached hydrogens (tertiary/aromatic N) is 2. The fourth-order valence-electron chi connectivity index (χ4n) is 3.16. The Morgan fingerprint density at radius 2 is 1.46 bits per heavy atom. The topological polar surface area (TPSA) is 49.9 Å². The van der Waals surface area contributed by atoms with E-state index in [4.69, 9.17) is 4.74 Å². The van der Waals surface area contributed by atoms with Gasteiger partial charge in [0.2, 0.25) is 10.0 Å². The zero-order valence-corrected chi connectivity index (χ0v) is 16.2. The normalized spacial score (nSPS) is 16.5. The number of ether oxygens (including phenoxy) is 1. The van der Waals surface area contributed by atoms with Gasteiger partial charge in [0.15, 0.2) is 0 Å². The summed E-state index contributed by atoms with van der Waals surface area (Å²) in [6.07, 6.45) is 0.907. The predicted octanol–water partition coefficient (Wildman–Crippen LogP) is 2.76. The summed E-state index contributed by atoms with van der Waals surface area (Å²) >= 11 is 0. The molecule has 0 aliphatic carbocycles. The third-order valence-electron chi connectivity index (χ3n) is 4.87. The molecule has 1 aliphatic heterocycles. The Labute approximate surface area is 156 Å². The summed E-state index contributed by atoms with van der Waals surface area (Å²) in [5.41, 5.74) is 2.35. The lowest BCUT2D eigenvalue weighted by molar-refractivity contribution is 0.181. The third-order valence-corrected chi connectivity index (χ3v) is 6.78. The van der Waals surface area contributed by atoms with E-state index in [1.54, 1.807) is 23.5 Å². The minimum atomic E-state index is -3.40. The molecule has 0 bridgehead atoms. The van der Waals surface area contributed by atoms with E-state index in [1.165, 1.54) is 5.56 Å². The number of piperazine rings is 1. The van der Waals surface area contributed by atoms with Gasteiger partial charge < -0.3 is 4.74 Å². The molecule has 1 fully saturated rings. The van der Waals surface area contributed by atoms with Crippen molar-refractivity contribution in [2.45, 2.75) is 24.8 Å². The molecular formula is C20H26N2O3S. The van der Waals surface area contributed by atoms with E-state index in [0.29, 0.717) is 18.0 Å². The Morgan fingerprint density at radius 3 is 2.00 bits per heavy atom. The van der Waals surface area contributed by atoms with Crippen LogP contribution in [0, 0.1) is 0 Å². The van der Waals surface area contributed by atoms with Gasteiger partial charge in [-0.05, 0) is 41.8 Å². The lowest BCUT2D eigenvalue weighted by Gasteiger charge is -2.34. The molecule has 1 heterocycles. The number of rotatable bonds is 6. The predicted molar refractivity (Wildman–Crippen MR) is 103 cm³/mol. The lowest BCUT2D eigenvalue weighted by atomic mass is 10.2. The van der Waals surface area contributed by atoms with Gasteiger partial charge in [0.1, 0.15) is 5.75 Å².